The van der Waals surface area contributed by atoms with Crippen LogP contribution in [0.25, 0.3) is 11.0 Å². The largest absolute Gasteiger partial charge is 0.379 e. The Balaban J connectivity index is 2.24. The second-order valence-corrected chi connectivity index (χ2v) is 6.83. The van der Waals surface area contributed by atoms with Gasteiger partial charge in [-0.2, -0.15) is 0 Å². The van der Waals surface area contributed by atoms with Crippen LogP contribution in [-0.4, -0.2) is 22.8 Å². The summed E-state index contributed by atoms with van der Waals surface area (Å²) in [6, 6.07) is 3.32. The minimum Gasteiger partial charge on any atom is -0.379 e. The molecule has 0 N–H and O–H groups in total. The molecule has 1 aromatic heterocycles. The van der Waals surface area contributed by atoms with Gasteiger partial charge in [0.2, 0.25) is 0 Å². The van der Waals surface area contributed by atoms with E-state index in [4.69, 9.17) is 16.3 Å². The number of imidazole rings is 1. The van der Waals surface area contributed by atoms with E-state index in [-0.39, 0.29) is 11.4 Å². The van der Waals surface area contributed by atoms with Crippen LogP contribution in [0.4, 0.5) is 4.39 Å². The summed E-state index contributed by atoms with van der Waals surface area (Å²) >= 11 is 8.03. The van der Waals surface area contributed by atoms with E-state index >= 15 is 0 Å². The van der Waals surface area contributed by atoms with Gasteiger partial charge < -0.3 is 9.30 Å². The van der Waals surface area contributed by atoms with Gasteiger partial charge >= 0.3 is 0 Å². The summed E-state index contributed by atoms with van der Waals surface area (Å²) in [5, 5.41) is 0. The molecule has 20 heavy (non-hydrogen) atoms. The van der Waals surface area contributed by atoms with Gasteiger partial charge in [0, 0.05) is 12.7 Å². The number of halogens is 3. The Bertz CT molecular complexity index is 652. The van der Waals surface area contributed by atoms with Gasteiger partial charge in [-0.15, -0.1) is 11.6 Å². The molecule has 1 unspecified atom stereocenters. The molecule has 0 saturated carbocycles. The van der Waals surface area contributed by atoms with E-state index in [2.05, 4.69) is 16.5 Å². The number of fused-ring (bicyclic) bond motifs is 1. The second kappa shape index (κ2) is 5.42. The predicted molar refractivity (Wildman–Crippen MR) is 85.7 cm³/mol. The SMILES string of the molecule is CC1(n2c(CCl)nc3cc(I)c(F)cc32)CCCOC1. The number of alkyl halides is 1. The predicted octanol–water partition coefficient (Wildman–Crippen LogP) is 4.04. The number of nitrogens with zero attached hydrogens (tertiary/aromatic N) is 2. The van der Waals surface area contributed by atoms with Crippen LogP contribution in [-0.2, 0) is 16.2 Å². The molecule has 0 aliphatic carbocycles. The third-order valence-electron chi connectivity index (χ3n) is 3.84. The van der Waals surface area contributed by atoms with Crippen LogP contribution in [0.5, 0.6) is 0 Å². The van der Waals surface area contributed by atoms with Crippen molar-refractivity contribution >= 4 is 45.2 Å². The van der Waals surface area contributed by atoms with Crippen molar-refractivity contribution in [1.82, 2.24) is 9.55 Å². The lowest BCUT2D eigenvalue weighted by Gasteiger charge is -2.36. The molecule has 6 heteroatoms. The normalized spacial score (nSPS) is 23.4. The Morgan fingerprint density at radius 3 is 3.00 bits per heavy atom. The highest BCUT2D eigenvalue weighted by atomic mass is 127. The number of hydrogen-bond donors (Lipinski definition) is 0. The van der Waals surface area contributed by atoms with Crippen LogP contribution in [0.2, 0.25) is 0 Å². The van der Waals surface area contributed by atoms with Crippen LogP contribution in [0.3, 0.4) is 0 Å². The Labute approximate surface area is 135 Å². The van der Waals surface area contributed by atoms with Crippen LogP contribution < -0.4 is 0 Å². The van der Waals surface area contributed by atoms with Gasteiger partial charge in [0.1, 0.15) is 11.6 Å². The molecule has 1 aromatic carbocycles. The third-order valence-corrected chi connectivity index (χ3v) is 4.91. The molecular weight excluding hydrogens is 394 g/mol. The first kappa shape index (κ1) is 14.5. The Morgan fingerprint density at radius 2 is 2.35 bits per heavy atom. The summed E-state index contributed by atoms with van der Waals surface area (Å²) < 4.78 is 22.2. The Hall–Kier alpha value is -0.400. The molecule has 1 aliphatic heterocycles. The van der Waals surface area contributed by atoms with E-state index in [1.807, 2.05) is 22.6 Å². The topological polar surface area (TPSA) is 27.1 Å². The molecule has 0 bridgehead atoms. The van der Waals surface area contributed by atoms with E-state index in [0.29, 0.717) is 16.1 Å². The highest BCUT2D eigenvalue weighted by Gasteiger charge is 2.33. The van der Waals surface area contributed by atoms with Crippen molar-refractivity contribution in [3.8, 4) is 0 Å². The van der Waals surface area contributed by atoms with E-state index in [9.17, 15) is 4.39 Å². The lowest BCUT2D eigenvalue weighted by molar-refractivity contribution is 0.0104. The smallest absolute Gasteiger partial charge is 0.138 e. The van der Waals surface area contributed by atoms with Crippen molar-refractivity contribution in [2.75, 3.05) is 13.2 Å². The lowest BCUT2D eigenvalue weighted by atomic mass is 9.94. The van der Waals surface area contributed by atoms with E-state index in [1.54, 1.807) is 12.1 Å². The van der Waals surface area contributed by atoms with Crippen molar-refractivity contribution < 1.29 is 9.13 Å². The van der Waals surface area contributed by atoms with E-state index in [0.717, 1.165) is 36.3 Å². The van der Waals surface area contributed by atoms with Crippen molar-refractivity contribution in [3.05, 3.63) is 27.3 Å². The first-order valence-corrected chi connectivity index (χ1v) is 8.17. The van der Waals surface area contributed by atoms with E-state index < -0.39 is 0 Å². The van der Waals surface area contributed by atoms with Crippen molar-refractivity contribution in [1.29, 1.82) is 0 Å². The first-order chi connectivity index (χ1) is 9.55. The van der Waals surface area contributed by atoms with Crippen LogP contribution in [0, 0.1) is 9.39 Å². The molecule has 0 radical (unpaired) electrons. The van der Waals surface area contributed by atoms with Crippen molar-refractivity contribution in [2.45, 2.75) is 31.2 Å². The monoisotopic (exact) mass is 408 g/mol. The summed E-state index contributed by atoms with van der Waals surface area (Å²) in [6.45, 7) is 3.51. The second-order valence-electron chi connectivity index (χ2n) is 5.41. The summed E-state index contributed by atoms with van der Waals surface area (Å²) in [5.74, 6) is 0.861. The fourth-order valence-electron chi connectivity index (χ4n) is 2.91. The molecular formula is C14H15ClFIN2O. The minimum atomic E-state index is -0.222. The Morgan fingerprint density at radius 1 is 1.55 bits per heavy atom. The third kappa shape index (κ3) is 2.33. The molecule has 2 aromatic rings. The quantitative estimate of drug-likeness (QED) is 0.554. The van der Waals surface area contributed by atoms with Gasteiger partial charge in [0.15, 0.2) is 0 Å². The summed E-state index contributed by atoms with van der Waals surface area (Å²) in [4.78, 5) is 4.56. The van der Waals surface area contributed by atoms with Crippen molar-refractivity contribution in [3.63, 3.8) is 0 Å². The molecule has 1 aliphatic rings. The van der Waals surface area contributed by atoms with Crippen LogP contribution >= 0.6 is 34.2 Å². The van der Waals surface area contributed by atoms with Gasteiger partial charge in [-0.05, 0) is 48.4 Å². The zero-order valence-corrected chi connectivity index (χ0v) is 14.0. The maximum absolute atomic E-state index is 13.9. The Kier molecular flexibility index (Phi) is 3.94. The van der Waals surface area contributed by atoms with Gasteiger partial charge in [0.05, 0.1) is 32.6 Å². The number of rotatable bonds is 2. The maximum atomic E-state index is 13.9. The zero-order valence-electron chi connectivity index (χ0n) is 11.1. The number of benzene rings is 1. The van der Waals surface area contributed by atoms with E-state index in [1.165, 1.54) is 0 Å². The van der Waals surface area contributed by atoms with Gasteiger partial charge in [-0.3, -0.25) is 0 Å². The molecule has 3 rings (SSSR count). The highest BCUT2D eigenvalue weighted by molar-refractivity contribution is 14.1. The molecule has 108 valence electrons. The fourth-order valence-corrected chi connectivity index (χ4v) is 3.54. The zero-order chi connectivity index (χ0) is 14.3. The average Bonchev–Trinajstić information content (AvgIpc) is 2.78. The molecule has 1 fully saturated rings. The standard InChI is InChI=1S/C14H15ClFIN2O/c1-14(3-2-4-20-8-14)19-12-5-9(16)10(17)6-11(12)18-13(19)7-15/h5-6H,2-4,7-8H2,1H3. The molecule has 0 amide bonds. The molecule has 0 spiro atoms. The number of ether oxygens (including phenoxy) is 1. The molecule has 1 atom stereocenters. The first-order valence-electron chi connectivity index (χ1n) is 6.56. The van der Waals surface area contributed by atoms with Gasteiger partial charge in [0.25, 0.3) is 0 Å². The molecule has 2 heterocycles. The van der Waals surface area contributed by atoms with Crippen LogP contribution in [0.15, 0.2) is 12.1 Å². The van der Waals surface area contributed by atoms with Gasteiger partial charge in [-0.25, -0.2) is 9.37 Å². The minimum absolute atomic E-state index is 0.212. The molecule has 3 nitrogen and oxygen atoms in total. The highest BCUT2D eigenvalue weighted by Crippen LogP contribution is 2.34. The fraction of sp³-hybridized carbons (Fsp3) is 0.500. The summed E-state index contributed by atoms with van der Waals surface area (Å²) in [7, 11) is 0. The average molecular weight is 409 g/mol. The lowest BCUT2D eigenvalue weighted by Crippen LogP contribution is -2.39. The summed E-state index contributed by atoms with van der Waals surface area (Å²) in [5.41, 5.74) is 1.38. The molecule has 1 saturated heterocycles. The number of aromatic nitrogens is 2. The van der Waals surface area contributed by atoms with Gasteiger partial charge in [-0.1, -0.05) is 0 Å². The summed E-state index contributed by atoms with van der Waals surface area (Å²) in [6.07, 6.45) is 1.97. The van der Waals surface area contributed by atoms with Crippen LogP contribution in [0.1, 0.15) is 25.6 Å². The maximum Gasteiger partial charge on any atom is 0.138 e. The van der Waals surface area contributed by atoms with Crippen molar-refractivity contribution in [2.24, 2.45) is 0 Å². The number of hydrogen-bond acceptors (Lipinski definition) is 2.